The Labute approximate surface area is 133 Å². The van der Waals surface area contributed by atoms with Crippen LogP contribution < -0.4 is 5.56 Å². The van der Waals surface area contributed by atoms with E-state index < -0.39 is 9.84 Å². The van der Waals surface area contributed by atoms with Crippen molar-refractivity contribution in [3.8, 4) is 0 Å². The molecule has 3 rings (SSSR count). The van der Waals surface area contributed by atoms with Gasteiger partial charge in [0.05, 0.1) is 17.5 Å². The molecule has 1 saturated heterocycles. The van der Waals surface area contributed by atoms with E-state index in [1.807, 2.05) is 0 Å². The Morgan fingerprint density at radius 2 is 2.10 bits per heavy atom. The molecule has 2 heterocycles. The number of allylic oxidation sites excluding steroid dienone is 2. The van der Waals surface area contributed by atoms with Crippen molar-refractivity contribution < 1.29 is 8.42 Å². The number of rotatable bonds is 2. The number of sulfone groups is 1. The van der Waals surface area contributed by atoms with Crippen molar-refractivity contribution in [3.63, 3.8) is 0 Å². The average molecular weight is 343 g/mol. The maximum atomic E-state index is 12.4. The highest BCUT2D eigenvalue weighted by Crippen LogP contribution is 2.32. The van der Waals surface area contributed by atoms with Crippen molar-refractivity contribution >= 4 is 33.4 Å². The highest BCUT2D eigenvalue weighted by molar-refractivity contribution is 7.91. The summed E-state index contributed by atoms with van der Waals surface area (Å²) in [4.78, 5) is 13.4. The van der Waals surface area contributed by atoms with Gasteiger partial charge < -0.3 is 0 Å². The fourth-order valence-electron chi connectivity index (χ4n) is 3.02. The Morgan fingerprint density at radius 3 is 2.67 bits per heavy atom. The maximum Gasteiger partial charge on any atom is 0.253 e. The summed E-state index contributed by atoms with van der Waals surface area (Å²) in [7, 11) is -3.02. The first-order valence-electron chi connectivity index (χ1n) is 7.08. The third kappa shape index (κ3) is 3.19. The molecular formula is C14H17NO3S3. The van der Waals surface area contributed by atoms with E-state index in [0.717, 1.165) is 24.1 Å². The van der Waals surface area contributed by atoms with Crippen molar-refractivity contribution in [2.45, 2.75) is 37.6 Å². The van der Waals surface area contributed by atoms with Crippen molar-refractivity contribution in [1.29, 1.82) is 0 Å². The topological polar surface area (TPSA) is 56.1 Å². The normalized spacial score (nSPS) is 27.8. The summed E-state index contributed by atoms with van der Waals surface area (Å²) in [6.07, 6.45) is 7.84. The molecule has 7 heteroatoms. The van der Waals surface area contributed by atoms with E-state index in [0.29, 0.717) is 16.3 Å². The Balaban J connectivity index is 1.96. The maximum absolute atomic E-state index is 12.4. The Hall–Kier alpha value is -0.790. The van der Waals surface area contributed by atoms with Crippen LogP contribution in [0, 0.1) is 3.95 Å². The minimum atomic E-state index is -3.02. The predicted molar refractivity (Wildman–Crippen MR) is 87.5 cm³/mol. The van der Waals surface area contributed by atoms with Gasteiger partial charge in [0, 0.05) is 10.9 Å². The van der Waals surface area contributed by atoms with Crippen LogP contribution in [0.2, 0.25) is 0 Å². The quantitative estimate of drug-likeness (QED) is 0.612. The van der Waals surface area contributed by atoms with Crippen molar-refractivity contribution in [3.05, 3.63) is 37.4 Å². The largest absolute Gasteiger partial charge is 0.287 e. The number of aromatic nitrogens is 1. The Kier molecular flexibility index (Phi) is 4.16. The van der Waals surface area contributed by atoms with Gasteiger partial charge in [0.2, 0.25) is 0 Å². The molecule has 1 aromatic rings. The van der Waals surface area contributed by atoms with Crippen LogP contribution in [0.5, 0.6) is 0 Å². The van der Waals surface area contributed by atoms with Gasteiger partial charge in [-0.05, 0) is 43.8 Å². The zero-order chi connectivity index (χ0) is 15.0. The molecule has 1 fully saturated rings. The highest BCUT2D eigenvalue weighted by Gasteiger charge is 2.30. The molecule has 2 atom stereocenters. The first-order chi connectivity index (χ1) is 9.96. The second kappa shape index (κ2) is 5.78. The first kappa shape index (κ1) is 15.1. The fourth-order valence-corrected chi connectivity index (χ4v) is 6.33. The Morgan fingerprint density at radius 1 is 1.29 bits per heavy atom. The van der Waals surface area contributed by atoms with Crippen LogP contribution in [0.4, 0.5) is 0 Å². The summed E-state index contributed by atoms with van der Waals surface area (Å²) in [5, 5.41) is 0. The molecule has 114 valence electrons. The lowest BCUT2D eigenvalue weighted by atomic mass is 9.93. The van der Waals surface area contributed by atoms with Gasteiger partial charge in [-0.1, -0.05) is 12.2 Å². The van der Waals surface area contributed by atoms with Crippen LogP contribution in [0.3, 0.4) is 0 Å². The molecular weight excluding hydrogens is 326 g/mol. The molecule has 0 aromatic carbocycles. The molecule has 0 amide bonds. The van der Waals surface area contributed by atoms with Gasteiger partial charge >= 0.3 is 0 Å². The molecule has 2 unspecified atom stereocenters. The zero-order valence-electron chi connectivity index (χ0n) is 11.5. The number of hydrogen-bond donors (Lipinski definition) is 0. The summed E-state index contributed by atoms with van der Waals surface area (Å²) < 4.78 is 25.2. The smallest absolute Gasteiger partial charge is 0.253 e. The van der Waals surface area contributed by atoms with E-state index in [1.54, 1.807) is 6.07 Å². The monoisotopic (exact) mass is 343 g/mol. The predicted octanol–water partition coefficient (Wildman–Crippen LogP) is 2.82. The number of hydrogen-bond acceptors (Lipinski definition) is 5. The van der Waals surface area contributed by atoms with Crippen LogP contribution in [0.1, 0.15) is 42.5 Å². The first-order valence-corrected chi connectivity index (χ1v) is 10.1. The minimum absolute atomic E-state index is 0.0365. The third-order valence-corrected chi connectivity index (χ3v) is 7.41. The Bertz CT molecular complexity index is 757. The summed E-state index contributed by atoms with van der Waals surface area (Å²) >= 11 is 6.84. The molecule has 1 aliphatic carbocycles. The molecule has 2 aliphatic rings. The van der Waals surface area contributed by atoms with E-state index in [1.165, 1.54) is 15.9 Å². The van der Waals surface area contributed by atoms with Crippen LogP contribution >= 0.6 is 23.6 Å². The van der Waals surface area contributed by atoms with Gasteiger partial charge in [0.1, 0.15) is 0 Å². The molecule has 4 nitrogen and oxygen atoms in total. The molecule has 0 saturated carbocycles. The van der Waals surface area contributed by atoms with Gasteiger partial charge in [-0.2, -0.15) is 0 Å². The van der Waals surface area contributed by atoms with Gasteiger partial charge in [0.25, 0.3) is 5.56 Å². The van der Waals surface area contributed by atoms with E-state index >= 15 is 0 Å². The van der Waals surface area contributed by atoms with E-state index in [9.17, 15) is 13.2 Å². The average Bonchev–Trinajstić information content (AvgIpc) is 2.79. The van der Waals surface area contributed by atoms with Gasteiger partial charge in [0.15, 0.2) is 13.8 Å². The van der Waals surface area contributed by atoms with Crippen molar-refractivity contribution in [2.75, 3.05) is 11.5 Å². The minimum Gasteiger partial charge on any atom is -0.287 e. The van der Waals surface area contributed by atoms with Gasteiger partial charge in [-0.15, -0.1) is 11.3 Å². The van der Waals surface area contributed by atoms with Crippen LogP contribution in [-0.2, 0) is 9.84 Å². The number of nitrogens with zero attached hydrogens (tertiary/aromatic N) is 1. The lowest BCUT2D eigenvalue weighted by Crippen LogP contribution is -2.26. The second-order valence-corrected chi connectivity index (χ2v) is 9.60. The summed E-state index contributed by atoms with van der Waals surface area (Å²) in [5.74, 6) is 0.560. The summed E-state index contributed by atoms with van der Waals surface area (Å²) in [5.41, 5.74) is -0.148. The molecule has 1 aliphatic heterocycles. The van der Waals surface area contributed by atoms with Crippen molar-refractivity contribution in [1.82, 2.24) is 4.57 Å². The van der Waals surface area contributed by atoms with Crippen LogP contribution in [0.25, 0.3) is 0 Å². The lowest BCUT2D eigenvalue weighted by Gasteiger charge is -2.19. The molecule has 0 radical (unpaired) electrons. The molecule has 21 heavy (non-hydrogen) atoms. The van der Waals surface area contributed by atoms with Crippen LogP contribution in [-0.4, -0.2) is 24.5 Å². The van der Waals surface area contributed by atoms with Gasteiger partial charge in [-0.25, -0.2) is 8.42 Å². The summed E-state index contributed by atoms with van der Waals surface area (Å²) in [6, 6.07) is 1.38. The summed E-state index contributed by atoms with van der Waals surface area (Å²) in [6.45, 7) is 0. The molecule has 1 aromatic heterocycles. The van der Waals surface area contributed by atoms with Crippen molar-refractivity contribution in [2.24, 2.45) is 0 Å². The van der Waals surface area contributed by atoms with Gasteiger partial charge in [-0.3, -0.25) is 9.36 Å². The third-order valence-electron chi connectivity index (χ3n) is 4.15. The molecule has 0 bridgehead atoms. The van der Waals surface area contributed by atoms with E-state index in [4.69, 9.17) is 12.2 Å². The van der Waals surface area contributed by atoms with E-state index in [-0.39, 0.29) is 23.1 Å². The zero-order valence-corrected chi connectivity index (χ0v) is 14.0. The van der Waals surface area contributed by atoms with Crippen LogP contribution in [0.15, 0.2) is 23.0 Å². The fraction of sp³-hybridized carbons (Fsp3) is 0.571. The molecule has 0 N–H and O–H groups in total. The molecule has 0 spiro atoms. The highest BCUT2D eigenvalue weighted by atomic mass is 32.2. The van der Waals surface area contributed by atoms with E-state index in [2.05, 4.69) is 12.2 Å². The second-order valence-electron chi connectivity index (χ2n) is 5.66. The SMILES string of the molecule is O=c1cc(C2CC=CCC2)sc(=S)n1C1CCS(=O)(=O)C1. The standard InChI is InChI=1S/C14H17NO3S3/c16-13-8-12(10-4-2-1-3-5-10)20-14(19)15(13)11-6-7-21(17,18)9-11/h1-2,8,10-11H,3-7,9H2. The lowest BCUT2D eigenvalue weighted by molar-refractivity contribution is 0.536.